The first-order valence-electron chi connectivity index (χ1n) is 6.83. The van der Waals surface area contributed by atoms with Crippen LogP contribution in [0.2, 0.25) is 0 Å². The number of nitrogens with zero attached hydrogens (tertiary/aromatic N) is 1. The summed E-state index contributed by atoms with van der Waals surface area (Å²) in [7, 11) is 0. The third kappa shape index (κ3) is 4.83. The van der Waals surface area contributed by atoms with Gasteiger partial charge in [-0.2, -0.15) is 0 Å². The first-order chi connectivity index (χ1) is 10.3. The first-order valence-corrected chi connectivity index (χ1v) is 6.83. The molecule has 1 aliphatic heterocycles. The maximum absolute atomic E-state index is 12.2. The number of amides is 1. The average Bonchev–Trinajstić information content (AvgIpc) is 2.54. The number of aromatic nitrogens is 1. The summed E-state index contributed by atoms with van der Waals surface area (Å²) in [5.74, 6) is 5.34. The third-order valence-corrected chi connectivity index (χ3v) is 2.86. The molecule has 21 heavy (non-hydrogen) atoms. The van der Waals surface area contributed by atoms with Gasteiger partial charge in [-0.25, -0.2) is 4.98 Å². The lowest BCUT2D eigenvalue weighted by Crippen LogP contribution is -2.40. The molecule has 1 saturated heterocycles. The van der Waals surface area contributed by atoms with Gasteiger partial charge in [-0.3, -0.25) is 4.79 Å². The van der Waals surface area contributed by atoms with E-state index in [1.54, 1.807) is 18.3 Å². The van der Waals surface area contributed by atoms with E-state index in [-0.39, 0.29) is 24.3 Å². The van der Waals surface area contributed by atoms with E-state index in [1.807, 2.05) is 0 Å². The molecule has 1 fully saturated rings. The molecule has 1 atom stereocenters. The minimum absolute atomic E-state index is 0.00614. The molecule has 1 aromatic rings. The molecule has 0 aromatic carbocycles. The predicted molar refractivity (Wildman–Crippen MR) is 75.7 cm³/mol. The molecule has 0 spiro atoms. The SMILES string of the molecule is O=C(NCC1COCCO1)c1ncccc1C#CCCO. The molecule has 2 heterocycles. The summed E-state index contributed by atoms with van der Waals surface area (Å²) in [6.45, 7) is 1.98. The Balaban J connectivity index is 1.96. The van der Waals surface area contributed by atoms with Gasteiger partial charge in [0, 0.05) is 19.2 Å². The van der Waals surface area contributed by atoms with E-state index in [4.69, 9.17) is 14.6 Å². The van der Waals surface area contributed by atoms with E-state index in [2.05, 4.69) is 22.1 Å². The second kappa shape index (κ2) is 8.37. The minimum atomic E-state index is -0.293. The van der Waals surface area contributed by atoms with E-state index >= 15 is 0 Å². The number of carbonyl (C=O) groups excluding carboxylic acids is 1. The van der Waals surface area contributed by atoms with Crippen LogP contribution < -0.4 is 5.32 Å². The normalized spacial score (nSPS) is 17.7. The summed E-state index contributed by atoms with van der Waals surface area (Å²) in [6, 6.07) is 3.45. The topological polar surface area (TPSA) is 80.7 Å². The lowest BCUT2D eigenvalue weighted by Gasteiger charge is -2.23. The fourth-order valence-electron chi connectivity index (χ4n) is 1.85. The summed E-state index contributed by atoms with van der Waals surface area (Å²) in [5, 5.41) is 11.5. The number of pyridine rings is 1. The molecule has 1 amide bonds. The van der Waals surface area contributed by atoms with Crippen molar-refractivity contribution in [3.8, 4) is 11.8 Å². The molecule has 0 radical (unpaired) electrons. The van der Waals surface area contributed by atoms with Crippen molar-refractivity contribution in [3.63, 3.8) is 0 Å². The van der Waals surface area contributed by atoms with Gasteiger partial charge in [-0.1, -0.05) is 11.8 Å². The van der Waals surface area contributed by atoms with Gasteiger partial charge in [-0.05, 0) is 12.1 Å². The molecule has 2 rings (SSSR count). The van der Waals surface area contributed by atoms with Crippen molar-refractivity contribution >= 4 is 5.91 Å². The van der Waals surface area contributed by atoms with Crippen molar-refractivity contribution in [3.05, 3.63) is 29.6 Å². The lowest BCUT2D eigenvalue weighted by molar-refractivity contribution is -0.0855. The highest BCUT2D eigenvalue weighted by Gasteiger charge is 2.17. The van der Waals surface area contributed by atoms with Crippen molar-refractivity contribution in [1.82, 2.24) is 10.3 Å². The van der Waals surface area contributed by atoms with Crippen LogP contribution in [0.3, 0.4) is 0 Å². The fraction of sp³-hybridized carbons (Fsp3) is 0.467. The summed E-state index contributed by atoms with van der Waals surface area (Å²) in [6.07, 6.45) is 1.78. The Kier molecular flexibility index (Phi) is 6.16. The second-order valence-electron chi connectivity index (χ2n) is 4.45. The molecule has 2 N–H and O–H groups in total. The lowest BCUT2D eigenvalue weighted by atomic mass is 10.2. The highest BCUT2D eigenvalue weighted by Crippen LogP contribution is 2.05. The summed E-state index contributed by atoms with van der Waals surface area (Å²) in [5.41, 5.74) is 0.823. The Bertz CT molecular complexity index is 530. The fourth-order valence-corrected chi connectivity index (χ4v) is 1.85. The van der Waals surface area contributed by atoms with Gasteiger partial charge in [0.05, 0.1) is 38.1 Å². The number of nitrogens with one attached hydrogen (secondary N) is 1. The molecule has 0 bridgehead atoms. The number of hydrogen-bond donors (Lipinski definition) is 2. The van der Waals surface area contributed by atoms with Gasteiger partial charge < -0.3 is 19.9 Å². The largest absolute Gasteiger partial charge is 0.395 e. The number of hydrogen-bond acceptors (Lipinski definition) is 5. The van der Waals surface area contributed by atoms with E-state index in [0.717, 1.165) is 0 Å². The van der Waals surface area contributed by atoms with E-state index in [9.17, 15) is 4.79 Å². The molecular formula is C15H18N2O4. The Hall–Kier alpha value is -1.94. The monoisotopic (exact) mass is 290 g/mol. The highest BCUT2D eigenvalue weighted by molar-refractivity contribution is 5.94. The molecule has 6 heteroatoms. The summed E-state index contributed by atoms with van der Waals surface area (Å²) < 4.78 is 10.7. The van der Waals surface area contributed by atoms with Crippen molar-refractivity contribution in [2.45, 2.75) is 12.5 Å². The Labute approximate surface area is 123 Å². The number of aliphatic hydroxyl groups excluding tert-OH is 1. The van der Waals surface area contributed by atoms with Crippen molar-refractivity contribution in [1.29, 1.82) is 0 Å². The molecular weight excluding hydrogens is 272 g/mol. The third-order valence-electron chi connectivity index (χ3n) is 2.86. The second-order valence-corrected chi connectivity index (χ2v) is 4.45. The van der Waals surface area contributed by atoms with Gasteiger partial charge >= 0.3 is 0 Å². The van der Waals surface area contributed by atoms with Crippen LogP contribution in [0.5, 0.6) is 0 Å². The Morgan fingerprint density at radius 1 is 1.52 bits per heavy atom. The molecule has 1 unspecified atom stereocenters. The van der Waals surface area contributed by atoms with Crippen LogP contribution in [0.25, 0.3) is 0 Å². The summed E-state index contributed by atoms with van der Waals surface area (Å²) >= 11 is 0. The van der Waals surface area contributed by atoms with Crippen LogP contribution in [0.4, 0.5) is 0 Å². The van der Waals surface area contributed by atoms with Crippen LogP contribution >= 0.6 is 0 Å². The van der Waals surface area contributed by atoms with Gasteiger partial charge in [0.25, 0.3) is 5.91 Å². The van der Waals surface area contributed by atoms with Crippen LogP contribution in [-0.2, 0) is 9.47 Å². The van der Waals surface area contributed by atoms with Crippen LogP contribution in [0, 0.1) is 11.8 Å². The zero-order valence-corrected chi connectivity index (χ0v) is 11.7. The van der Waals surface area contributed by atoms with Gasteiger partial charge in [0.15, 0.2) is 0 Å². The Morgan fingerprint density at radius 2 is 2.43 bits per heavy atom. The standard InChI is InChI=1S/C15H18N2O4/c18-7-2-1-4-12-5-3-6-16-14(12)15(19)17-10-13-11-20-8-9-21-13/h3,5-6,13,18H,2,7-11H2,(H,17,19). The van der Waals surface area contributed by atoms with Crippen molar-refractivity contribution in [2.24, 2.45) is 0 Å². The van der Waals surface area contributed by atoms with Crippen LogP contribution in [0.1, 0.15) is 22.5 Å². The van der Waals surface area contributed by atoms with E-state index in [0.29, 0.717) is 38.3 Å². The van der Waals surface area contributed by atoms with Crippen molar-refractivity contribution < 1.29 is 19.4 Å². The van der Waals surface area contributed by atoms with Gasteiger partial charge in [-0.15, -0.1) is 0 Å². The number of aliphatic hydroxyl groups is 1. The van der Waals surface area contributed by atoms with E-state index in [1.165, 1.54) is 0 Å². The molecule has 1 aromatic heterocycles. The molecule has 112 valence electrons. The number of rotatable bonds is 4. The van der Waals surface area contributed by atoms with Gasteiger partial charge in [0.1, 0.15) is 5.69 Å². The number of carbonyl (C=O) groups is 1. The van der Waals surface area contributed by atoms with E-state index < -0.39 is 0 Å². The smallest absolute Gasteiger partial charge is 0.271 e. The highest BCUT2D eigenvalue weighted by atomic mass is 16.6. The quantitative estimate of drug-likeness (QED) is 0.761. The van der Waals surface area contributed by atoms with Crippen LogP contribution in [0.15, 0.2) is 18.3 Å². The zero-order valence-electron chi connectivity index (χ0n) is 11.7. The maximum atomic E-state index is 12.2. The maximum Gasteiger partial charge on any atom is 0.271 e. The van der Waals surface area contributed by atoms with Gasteiger partial charge in [0.2, 0.25) is 0 Å². The first kappa shape index (κ1) is 15.4. The number of ether oxygens (including phenoxy) is 2. The molecule has 0 saturated carbocycles. The molecule has 6 nitrogen and oxygen atoms in total. The zero-order chi connectivity index (χ0) is 14.9. The minimum Gasteiger partial charge on any atom is -0.395 e. The summed E-state index contributed by atoms with van der Waals surface area (Å²) in [4.78, 5) is 16.2. The molecule has 1 aliphatic rings. The average molecular weight is 290 g/mol. The molecule has 0 aliphatic carbocycles. The van der Waals surface area contributed by atoms with Crippen molar-refractivity contribution in [2.75, 3.05) is 33.0 Å². The Morgan fingerprint density at radius 3 is 3.19 bits per heavy atom. The van der Waals surface area contributed by atoms with Crippen LogP contribution in [-0.4, -0.2) is 55.1 Å². The predicted octanol–water partition coefficient (Wildman–Crippen LogP) is -0.0393.